The van der Waals surface area contributed by atoms with Crippen LogP contribution in [0, 0.1) is 0 Å². The first kappa shape index (κ1) is 16.1. The molecule has 0 radical (unpaired) electrons. The van der Waals surface area contributed by atoms with Gasteiger partial charge in [-0.25, -0.2) is 5.43 Å². The van der Waals surface area contributed by atoms with E-state index in [-0.39, 0.29) is 6.79 Å². The van der Waals surface area contributed by atoms with Crippen LogP contribution in [-0.4, -0.2) is 18.9 Å². The summed E-state index contributed by atoms with van der Waals surface area (Å²) in [6.45, 7) is 0.191. The number of hydrogen-bond donors (Lipinski definition) is 1. The second-order valence-corrected chi connectivity index (χ2v) is 6.22. The van der Waals surface area contributed by atoms with Gasteiger partial charge in [0.15, 0.2) is 11.5 Å². The molecule has 8 heteroatoms. The van der Waals surface area contributed by atoms with Crippen LogP contribution in [0.15, 0.2) is 39.9 Å². The predicted molar refractivity (Wildman–Crippen MR) is 91.8 cm³/mol. The molecule has 0 aliphatic carbocycles. The number of carbonyl (C=O) groups is 1. The van der Waals surface area contributed by atoms with Crippen LogP contribution in [-0.2, 0) is 0 Å². The highest BCUT2D eigenvalue weighted by molar-refractivity contribution is 9.10. The van der Waals surface area contributed by atoms with Gasteiger partial charge in [-0.15, -0.1) is 0 Å². The Balaban J connectivity index is 1.71. The molecule has 1 aliphatic heterocycles. The molecular weight excluding hydrogens is 407 g/mol. The van der Waals surface area contributed by atoms with Crippen molar-refractivity contribution in [3.8, 4) is 11.5 Å². The quantitative estimate of drug-likeness (QED) is 0.602. The van der Waals surface area contributed by atoms with Gasteiger partial charge < -0.3 is 9.47 Å². The summed E-state index contributed by atoms with van der Waals surface area (Å²) in [6, 6.07) is 8.14. The molecule has 0 atom stereocenters. The first-order valence-electron chi connectivity index (χ1n) is 6.42. The third kappa shape index (κ3) is 3.60. The Morgan fingerprint density at radius 1 is 1.17 bits per heavy atom. The zero-order valence-electron chi connectivity index (χ0n) is 11.5. The molecule has 0 saturated carbocycles. The molecule has 1 N–H and O–H groups in total. The fraction of sp³-hybridized carbons (Fsp3) is 0.0667. The molecule has 2 aromatic carbocycles. The van der Waals surface area contributed by atoms with E-state index in [0.717, 1.165) is 10.0 Å². The van der Waals surface area contributed by atoms with Crippen LogP contribution in [0.2, 0.25) is 10.0 Å². The number of fused-ring (bicyclic) bond motifs is 1. The second kappa shape index (κ2) is 6.78. The Morgan fingerprint density at radius 2 is 1.91 bits per heavy atom. The van der Waals surface area contributed by atoms with Gasteiger partial charge >= 0.3 is 0 Å². The highest BCUT2D eigenvalue weighted by Crippen LogP contribution is 2.36. The number of ether oxygens (including phenoxy) is 2. The third-order valence-electron chi connectivity index (χ3n) is 3.04. The van der Waals surface area contributed by atoms with Crippen molar-refractivity contribution < 1.29 is 14.3 Å². The molecule has 0 bridgehead atoms. The molecular formula is C15H9BrCl2N2O3. The molecule has 1 aliphatic rings. The smallest absolute Gasteiger partial charge is 0.271 e. The number of nitrogens with one attached hydrogen (secondary N) is 1. The van der Waals surface area contributed by atoms with Crippen molar-refractivity contribution in [1.82, 2.24) is 5.43 Å². The molecule has 0 aromatic heterocycles. The van der Waals surface area contributed by atoms with E-state index in [9.17, 15) is 4.79 Å². The van der Waals surface area contributed by atoms with Gasteiger partial charge in [0.2, 0.25) is 6.79 Å². The van der Waals surface area contributed by atoms with Crippen molar-refractivity contribution in [3.05, 3.63) is 56.0 Å². The van der Waals surface area contributed by atoms with E-state index in [1.165, 1.54) is 12.3 Å². The SMILES string of the molecule is O=C(N/N=C/c1cc2c(cc1Br)OCO2)c1ccc(Cl)c(Cl)c1. The molecule has 118 valence electrons. The van der Waals surface area contributed by atoms with Crippen molar-refractivity contribution in [2.24, 2.45) is 5.10 Å². The maximum Gasteiger partial charge on any atom is 0.271 e. The predicted octanol–water partition coefficient (Wildman–Crippen LogP) is 4.25. The van der Waals surface area contributed by atoms with Crippen LogP contribution in [0.4, 0.5) is 0 Å². The maximum atomic E-state index is 12.0. The molecule has 0 spiro atoms. The number of halogens is 3. The van der Waals surface area contributed by atoms with E-state index in [0.29, 0.717) is 27.1 Å². The molecule has 23 heavy (non-hydrogen) atoms. The Hall–Kier alpha value is -1.76. The number of benzene rings is 2. The Bertz CT molecular complexity index is 812. The van der Waals surface area contributed by atoms with Crippen LogP contribution >= 0.6 is 39.1 Å². The molecule has 2 aromatic rings. The second-order valence-electron chi connectivity index (χ2n) is 4.55. The topological polar surface area (TPSA) is 59.9 Å². The van der Waals surface area contributed by atoms with Crippen LogP contribution in [0.5, 0.6) is 11.5 Å². The van der Waals surface area contributed by atoms with Crippen LogP contribution < -0.4 is 14.9 Å². The van der Waals surface area contributed by atoms with Gasteiger partial charge in [-0.05, 0) is 46.3 Å². The van der Waals surface area contributed by atoms with Crippen LogP contribution in [0.25, 0.3) is 0 Å². The van der Waals surface area contributed by atoms with Crippen LogP contribution in [0.1, 0.15) is 15.9 Å². The van der Waals surface area contributed by atoms with Gasteiger partial charge in [-0.1, -0.05) is 23.2 Å². The number of rotatable bonds is 3. The van der Waals surface area contributed by atoms with E-state index in [1.807, 2.05) is 0 Å². The minimum Gasteiger partial charge on any atom is -0.454 e. The third-order valence-corrected chi connectivity index (χ3v) is 4.47. The molecule has 0 unspecified atom stereocenters. The molecule has 0 fully saturated rings. The average Bonchev–Trinajstić information content (AvgIpc) is 2.97. The van der Waals surface area contributed by atoms with Gasteiger partial charge in [-0.3, -0.25) is 4.79 Å². The number of carbonyl (C=O) groups excluding carboxylic acids is 1. The van der Waals surface area contributed by atoms with Gasteiger partial charge in [0, 0.05) is 15.6 Å². The standard InChI is InChI=1S/C15H9BrCl2N2O3/c16-10-5-14-13(22-7-23-14)4-9(10)6-19-20-15(21)8-1-2-11(17)12(18)3-8/h1-6H,7H2,(H,20,21)/b19-6+. The lowest BCUT2D eigenvalue weighted by Crippen LogP contribution is -2.17. The number of hydrogen-bond acceptors (Lipinski definition) is 4. The van der Waals surface area contributed by atoms with Crippen molar-refractivity contribution in [2.75, 3.05) is 6.79 Å². The van der Waals surface area contributed by atoms with E-state index in [4.69, 9.17) is 32.7 Å². The van der Waals surface area contributed by atoms with E-state index < -0.39 is 5.91 Å². The van der Waals surface area contributed by atoms with Gasteiger partial charge in [-0.2, -0.15) is 5.10 Å². The lowest BCUT2D eigenvalue weighted by atomic mass is 10.2. The summed E-state index contributed by atoms with van der Waals surface area (Å²) < 4.78 is 11.3. The highest BCUT2D eigenvalue weighted by Gasteiger charge is 2.15. The maximum absolute atomic E-state index is 12.0. The van der Waals surface area contributed by atoms with Crippen molar-refractivity contribution in [3.63, 3.8) is 0 Å². The number of amides is 1. The molecule has 5 nitrogen and oxygen atoms in total. The summed E-state index contributed by atoms with van der Waals surface area (Å²) in [4.78, 5) is 12.0. The summed E-state index contributed by atoms with van der Waals surface area (Å²) in [7, 11) is 0. The minimum atomic E-state index is -0.392. The number of hydrazone groups is 1. The van der Waals surface area contributed by atoms with E-state index in [1.54, 1.807) is 24.3 Å². The summed E-state index contributed by atoms with van der Waals surface area (Å²) in [6.07, 6.45) is 1.50. The van der Waals surface area contributed by atoms with Crippen molar-refractivity contribution in [1.29, 1.82) is 0 Å². The van der Waals surface area contributed by atoms with Gasteiger partial charge in [0.1, 0.15) is 0 Å². The summed E-state index contributed by atoms with van der Waals surface area (Å²) in [5.74, 6) is 0.899. The zero-order chi connectivity index (χ0) is 16.4. The molecule has 1 amide bonds. The zero-order valence-corrected chi connectivity index (χ0v) is 14.6. The lowest BCUT2D eigenvalue weighted by molar-refractivity contribution is 0.0955. The summed E-state index contributed by atoms with van der Waals surface area (Å²) in [5, 5.41) is 4.62. The fourth-order valence-corrected chi connectivity index (χ4v) is 2.62. The van der Waals surface area contributed by atoms with Gasteiger partial charge in [0.25, 0.3) is 5.91 Å². The monoisotopic (exact) mass is 414 g/mol. The van der Waals surface area contributed by atoms with E-state index in [2.05, 4.69) is 26.5 Å². The van der Waals surface area contributed by atoms with Crippen LogP contribution in [0.3, 0.4) is 0 Å². The Labute approximate surface area is 150 Å². The minimum absolute atomic E-state index is 0.191. The lowest BCUT2D eigenvalue weighted by Gasteiger charge is -2.03. The fourth-order valence-electron chi connectivity index (χ4n) is 1.89. The van der Waals surface area contributed by atoms with Gasteiger partial charge in [0.05, 0.1) is 16.3 Å². The van der Waals surface area contributed by atoms with E-state index >= 15 is 0 Å². The molecule has 1 heterocycles. The van der Waals surface area contributed by atoms with Crippen molar-refractivity contribution >= 4 is 51.3 Å². The normalized spacial score (nSPS) is 12.7. The first-order chi connectivity index (χ1) is 11.0. The highest BCUT2D eigenvalue weighted by atomic mass is 79.9. The Kier molecular flexibility index (Phi) is 4.75. The first-order valence-corrected chi connectivity index (χ1v) is 7.97. The molecule has 0 saturated heterocycles. The summed E-state index contributed by atoms with van der Waals surface area (Å²) in [5.41, 5.74) is 3.53. The summed E-state index contributed by atoms with van der Waals surface area (Å²) >= 11 is 15.1. The number of nitrogens with zero attached hydrogens (tertiary/aromatic N) is 1. The van der Waals surface area contributed by atoms with Crippen molar-refractivity contribution in [2.45, 2.75) is 0 Å². The average molecular weight is 416 g/mol. The molecule has 3 rings (SSSR count). The largest absolute Gasteiger partial charge is 0.454 e. The Morgan fingerprint density at radius 3 is 2.65 bits per heavy atom.